The number of amides is 1. The molecule has 2 saturated heterocycles. The molecule has 2 aliphatic heterocycles. The first-order valence-corrected chi connectivity index (χ1v) is 8.98. The summed E-state index contributed by atoms with van der Waals surface area (Å²) in [4.78, 5) is 29.6. The van der Waals surface area contributed by atoms with Gasteiger partial charge < -0.3 is 9.64 Å². The van der Waals surface area contributed by atoms with E-state index in [-0.39, 0.29) is 23.9 Å². The Balaban J connectivity index is 1.53. The fourth-order valence-corrected chi connectivity index (χ4v) is 4.19. The minimum atomic E-state index is -0.0825. The predicted molar refractivity (Wildman–Crippen MR) is 95.3 cm³/mol. The molecule has 7 nitrogen and oxygen atoms in total. The van der Waals surface area contributed by atoms with Crippen molar-refractivity contribution in [3.63, 3.8) is 0 Å². The van der Waals surface area contributed by atoms with Gasteiger partial charge >= 0.3 is 0 Å². The second kappa shape index (κ2) is 7.47. The molecule has 2 aromatic rings. The van der Waals surface area contributed by atoms with Gasteiger partial charge in [-0.2, -0.15) is 0 Å². The van der Waals surface area contributed by atoms with E-state index in [1.165, 1.54) is 5.56 Å². The van der Waals surface area contributed by atoms with Gasteiger partial charge in [-0.15, -0.1) is 0 Å². The van der Waals surface area contributed by atoms with Crippen molar-refractivity contribution in [1.29, 1.82) is 0 Å². The van der Waals surface area contributed by atoms with Crippen LogP contribution in [0.5, 0.6) is 0 Å². The molecule has 136 valence electrons. The molecule has 0 bridgehead atoms. The van der Waals surface area contributed by atoms with Crippen molar-refractivity contribution in [2.45, 2.75) is 25.1 Å². The van der Waals surface area contributed by atoms with Gasteiger partial charge in [0.1, 0.15) is 0 Å². The minimum absolute atomic E-state index is 0.0825. The van der Waals surface area contributed by atoms with Crippen LogP contribution < -0.4 is 0 Å². The zero-order valence-corrected chi connectivity index (χ0v) is 14.9. The largest absolute Gasteiger partial charge is 0.381 e. The molecule has 4 rings (SSSR count). The maximum absolute atomic E-state index is 12.9. The second-order valence-corrected chi connectivity index (χ2v) is 6.91. The van der Waals surface area contributed by atoms with Crippen LogP contribution in [0.4, 0.5) is 0 Å². The standard InChI is InChI=1S/C19H23N5O2/c1-26-17-5-10-24(19(25)18-21-6-2-7-22-18)16-13-23(12-15(16)17)11-14-3-8-20-9-4-14/h2-4,6-9,15-17H,5,10-13H2,1H3/t15-,16+,17+/m0/s1. The van der Waals surface area contributed by atoms with Crippen LogP contribution >= 0.6 is 0 Å². The molecule has 26 heavy (non-hydrogen) atoms. The molecule has 2 aliphatic rings. The summed E-state index contributed by atoms with van der Waals surface area (Å²) in [5.74, 6) is 0.499. The number of rotatable bonds is 4. The van der Waals surface area contributed by atoms with Gasteiger partial charge in [0.05, 0.1) is 12.1 Å². The summed E-state index contributed by atoms with van der Waals surface area (Å²) in [5.41, 5.74) is 1.23. The van der Waals surface area contributed by atoms with Crippen molar-refractivity contribution >= 4 is 5.91 Å². The molecule has 0 aromatic carbocycles. The zero-order valence-electron chi connectivity index (χ0n) is 14.9. The number of piperidine rings is 1. The molecule has 0 unspecified atom stereocenters. The summed E-state index contributed by atoms with van der Waals surface area (Å²) in [6.07, 6.45) is 7.90. The highest BCUT2D eigenvalue weighted by Crippen LogP contribution is 2.33. The first-order chi connectivity index (χ1) is 12.8. The van der Waals surface area contributed by atoms with Crippen LogP contribution in [0, 0.1) is 5.92 Å². The Hall–Kier alpha value is -2.38. The van der Waals surface area contributed by atoms with Gasteiger partial charge in [-0.1, -0.05) is 0 Å². The molecule has 0 saturated carbocycles. The lowest BCUT2D eigenvalue weighted by Gasteiger charge is -2.40. The van der Waals surface area contributed by atoms with Crippen molar-refractivity contribution in [2.24, 2.45) is 5.92 Å². The van der Waals surface area contributed by atoms with Gasteiger partial charge in [0.15, 0.2) is 0 Å². The lowest BCUT2D eigenvalue weighted by atomic mass is 9.89. The number of pyridine rings is 1. The van der Waals surface area contributed by atoms with Crippen LogP contribution in [-0.2, 0) is 11.3 Å². The van der Waals surface area contributed by atoms with E-state index < -0.39 is 0 Å². The number of likely N-dealkylation sites (tertiary alicyclic amines) is 2. The van der Waals surface area contributed by atoms with E-state index in [9.17, 15) is 4.79 Å². The topological polar surface area (TPSA) is 71.5 Å². The van der Waals surface area contributed by atoms with Crippen molar-refractivity contribution in [1.82, 2.24) is 24.8 Å². The summed E-state index contributed by atoms with van der Waals surface area (Å²) in [7, 11) is 1.77. The van der Waals surface area contributed by atoms with Crippen molar-refractivity contribution in [3.05, 3.63) is 54.4 Å². The molecule has 0 spiro atoms. The van der Waals surface area contributed by atoms with E-state index in [0.717, 1.165) is 26.1 Å². The lowest BCUT2D eigenvalue weighted by Crippen LogP contribution is -2.53. The molecule has 0 N–H and O–H groups in total. The van der Waals surface area contributed by atoms with Crippen molar-refractivity contribution in [3.8, 4) is 0 Å². The normalized spacial score (nSPS) is 25.9. The summed E-state index contributed by atoms with van der Waals surface area (Å²) in [5, 5.41) is 0. The number of ether oxygens (including phenoxy) is 1. The zero-order chi connectivity index (χ0) is 17.9. The van der Waals surface area contributed by atoms with E-state index in [0.29, 0.717) is 12.5 Å². The number of hydrogen-bond acceptors (Lipinski definition) is 6. The Labute approximate surface area is 153 Å². The third-order valence-electron chi connectivity index (χ3n) is 5.42. The van der Waals surface area contributed by atoms with Gasteiger partial charge in [0.2, 0.25) is 5.82 Å². The Morgan fingerprint density at radius 1 is 1.19 bits per heavy atom. The summed E-state index contributed by atoms with van der Waals surface area (Å²) in [6, 6.07) is 5.93. The highest BCUT2D eigenvalue weighted by atomic mass is 16.5. The molecule has 2 aromatic heterocycles. The average Bonchev–Trinajstić information content (AvgIpc) is 3.11. The lowest BCUT2D eigenvalue weighted by molar-refractivity contribution is -0.0160. The van der Waals surface area contributed by atoms with Crippen LogP contribution in [0.3, 0.4) is 0 Å². The third-order valence-corrected chi connectivity index (χ3v) is 5.42. The first-order valence-electron chi connectivity index (χ1n) is 8.98. The van der Waals surface area contributed by atoms with E-state index in [1.54, 1.807) is 25.6 Å². The molecule has 7 heteroatoms. The number of aromatic nitrogens is 3. The molecular formula is C19H23N5O2. The highest BCUT2D eigenvalue weighted by Gasteiger charge is 2.46. The maximum Gasteiger partial charge on any atom is 0.291 e. The molecule has 0 radical (unpaired) electrons. The van der Waals surface area contributed by atoms with Crippen molar-refractivity contribution < 1.29 is 9.53 Å². The molecule has 2 fully saturated rings. The molecule has 3 atom stereocenters. The summed E-state index contributed by atoms with van der Waals surface area (Å²) in [6.45, 7) is 3.30. The summed E-state index contributed by atoms with van der Waals surface area (Å²) >= 11 is 0. The molecule has 1 amide bonds. The van der Waals surface area contributed by atoms with Gasteiger partial charge in [0.25, 0.3) is 5.91 Å². The highest BCUT2D eigenvalue weighted by molar-refractivity contribution is 5.90. The first kappa shape index (κ1) is 17.1. The second-order valence-electron chi connectivity index (χ2n) is 6.91. The van der Waals surface area contributed by atoms with E-state index in [2.05, 4.69) is 19.9 Å². The Kier molecular flexibility index (Phi) is 4.90. The fourth-order valence-electron chi connectivity index (χ4n) is 4.19. The number of carbonyl (C=O) groups excluding carboxylic acids is 1. The number of fused-ring (bicyclic) bond motifs is 1. The van der Waals surface area contributed by atoms with Gasteiger partial charge in [-0.3, -0.25) is 14.7 Å². The quantitative estimate of drug-likeness (QED) is 0.823. The van der Waals surface area contributed by atoms with Crippen LogP contribution in [0.15, 0.2) is 43.0 Å². The monoisotopic (exact) mass is 353 g/mol. The number of methoxy groups -OCH3 is 1. The van der Waals surface area contributed by atoms with Crippen LogP contribution in [-0.4, -0.2) is 69.5 Å². The van der Waals surface area contributed by atoms with E-state index >= 15 is 0 Å². The number of hydrogen-bond donors (Lipinski definition) is 0. The van der Waals surface area contributed by atoms with Crippen LogP contribution in [0.25, 0.3) is 0 Å². The molecule has 4 heterocycles. The smallest absolute Gasteiger partial charge is 0.291 e. The molecular weight excluding hydrogens is 330 g/mol. The summed E-state index contributed by atoms with van der Waals surface area (Å²) < 4.78 is 5.73. The van der Waals surface area contributed by atoms with Gasteiger partial charge in [0, 0.05) is 64.0 Å². The fraction of sp³-hybridized carbons (Fsp3) is 0.474. The SMILES string of the molecule is CO[C@@H]1CCN(C(=O)c2ncccn2)[C@@H]2CN(Cc3ccncc3)C[C@@H]21. The Morgan fingerprint density at radius 2 is 1.96 bits per heavy atom. The molecule has 0 aliphatic carbocycles. The average molecular weight is 353 g/mol. The van der Waals surface area contributed by atoms with Gasteiger partial charge in [-0.25, -0.2) is 9.97 Å². The third kappa shape index (κ3) is 3.32. The Morgan fingerprint density at radius 3 is 2.69 bits per heavy atom. The Bertz CT molecular complexity index is 742. The van der Waals surface area contributed by atoms with Crippen molar-refractivity contribution in [2.75, 3.05) is 26.7 Å². The van der Waals surface area contributed by atoms with Crippen LogP contribution in [0.2, 0.25) is 0 Å². The van der Waals surface area contributed by atoms with Crippen LogP contribution in [0.1, 0.15) is 22.6 Å². The maximum atomic E-state index is 12.9. The van der Waals surface area contributed by atoms with E-state index in [4.69, 9.17) is 4.74 Å². The number of carbonyl (C=O) groups is 1. The van der Waals surface area contributed by atoms with E-state index in [1.807, 2.05) is 29.4 Å². The van der Waals surface area contributed by atoms with Gasteiger partial charge in [-0.05, 0) is 30.2 Å². The minimum Gasteiger partial charge on any atom is -0.381 e. The predicted octanol–water partition coefficient (Wildman–Crippen LogP) is 1.23. The number of nitrogens with zero attached hydrogens (tertiary/aromatic N) is 5.